The molecule has 0 atom stereocenters. The summed E-state index contributed by atoms with van der Waals surface area (Å²) in [5, 5.41) is 3.10. The van der Waals surface area contributed by atoms with E-state index in [4.69, 9.17) is 4.42 Å². The van der Waals surface area contributed by atoms with Gasteiger partial charge in [0.05, 0.1) is 5.56 Å². The molecule has 1 fully saturated rings. The predicted octanol–water partition coefficient (Wildman–Crippen LogP) is 3.30. The van der Waals surface area contributed by atoms with Crippen LogP contribution >= 0.6 is 0 Å². The van der Waals surface area contributed by atoms with Crippen LogP contribution in [0.3, 0.4) is 0 Å². The van der Waals surface area contributed by atoms with E-state index in [1.807, 2.05) is 34.9 Å². The fourth-order valence-electron chi connectivity index (χ4n) is 5.16. The number of furan rings is 1. The van der Waals surface area contributed by atoms with Crippen molar-refractivity contribution in [3.8, 4) is 0 Å². The Morgan fingerprint density at radius 1 is 1.19 bits per heavy atom. The molecule has 0 radical (unpaired) electrons. The van der Waals surface area contributed by atoms with E-state index in [1.54, 1.807) is 4.90 Å². The van der Waals surface area contributed by atoms with E-state index in [0.717, 1.165) is 6.54 Å². The highest BCUT2D eigenvalue weighted by Crippen LogP contribution is 2.38. The molecule has 3 rings (SSSR count). The second-order valence-electron chi connectivity index (χ2n) is 11.5. The average molecular weight is 446 g/mol. The quantitative estimate of drug-likeness (QED) is 0.726. The lowest BCUT2D eigenvalue weighted by Crippen LogP contribution is -2.46. The zero-order valence-corrected chi connectivity index (χ0v) is 20.8. The van der Waals surface area contributed by atoms with E-state index in [1.165, 1.54) is 0 Å². The molecule has 1 aliphatic heterocycles. The molecule has 0 unspecified atom stereocenters. The van der Waals surface area contributed by atoms with Gasteiger partial charge in [0.15, 0.2) is 11.5 Å². The van der Waals surface area contributed by atoms with Crippen LogP contribution < -0.4 is 5.32 Å². The van der Waals surface area contributed by atoms with Gasteiger partial charge in [-0.25, -0.2) is 0 Å². The third kappa shape index (κ3) is 5.42. The summed E-state index contributed by atoms with van der Waals surface area (Å²) in [5.41, 5.74) is 1.11. The first-order chi connectivity index (χ1) is 14.8. The van der Waals surface area contributed by atoms with Crippen molar-refractivity contribution in [2.45, 2.75) is 60.3 Å². The minimum atomic E-state index is -0.173. The Hall–Kier alpha value is -2.15. The third-order valence-electron chi connectivity index (χ3n) is 6.61. The van der Waals surface area contributed by atoms with Gasteiger partial charge in [-0.05, 0) is 44.7 Å². The zero-order chi connectivity index (χ0) is 23.8. The van der Waals surface area contributed by atoms with Gasteiger partial charge >= 0.3 is 0 Å². The monoisotopic (exact) mass is 445 g/mol. The van der Waals surface area contributed by atoms with E-state index in [0.29, 0.717) is 62.2 Å². The van der Waals surface area contributed by atoms with Crippen molar-refractivity contribution in [2.75, 3.05) is 40.3 Å². The maximum Gasteiger partial charge on any atom is 0.289 e. The van der Waals surface area contributed by atoms with E-state index in [2.05, 4.69) is 24.1 Å². The van der Waals surface area contributed by atoms with Gasteiger partial charge in [0.1, 0.15) is 5.76 Å². The summed E-state index contributed by atoms with van der Waals surface area (Å²) in [7, 11) is 4.06. The smallest absolute Gasteiger partial charge is 0.289 e. The number of Topliss-reactive ketones (excluding diaryl/α,β-unsaturated/α-hetero) is 1. The molecule has 1 saturated heterocycles. The lowest BCUT2D eigenvalue weighted by atomic mass is 9.76. The first-order valence-corrected chi connectivity index (χ1v) is 11.7. The van der Waals surface area contributed by atoms with Crippen LogP contribution in [-0.4, -0.2) is 67.7 Å². The van der Waals surface area contributed by atoms with Crippen LogP contribution in [0.5, 0.6) is 0 Å². The Kier molecular flexibility index (Phi) is 6.89. The zero-order valence-electron chi connectivity index (χ0n) is 20.8. The SMILES string of the molecule is Cc1c(C(=O)N2CCC(C(=O)NCC(C)(C)CN(C)C)CC2)oc2c1C(=O)CC(C)(C)C2. The summed E-state index contributed by atoms with van der Waals surface area (Å²) in [6, 6.07) is 0. The van der Waals surface area contributed by atoms with Crippen molar-refractivity contribution < 1.29 is 18.8 Å². The minimum Gasteiger partial charge on any atom is -0.455 e. The van der Waals surface area contributed by atoms with Gasteiger partial charge in [-0.1, -0.05) is 27.7 Å². The highest BCUT2D eigenvalue weighted by atomic mass is 16.4. The first kappa shape index (κ1) is 24.5. The molecule has 1 aliphatic carbocycles. The summed E-state index contributed by atoms with van der Waals surface area (Å²) in [4.78, 5) is 42.3. The maximum absolute atomic E-state index is 13.2. The number of amides is 2. The minimum absolute atomic E-state index is 0.00223. The second kappa shape index (κ2) is 9.00. The molecule has 7 nitrogen and oxygen atoms in total. The lowest BCUT2D eigenvalue weighted by molar-refractivity contribution is -0.126. The molecule has 1 N–H and O–H groups in total. The number of likely N-dealkylation sites (tertiary alicyclic amines) is 1. The lowest BCUT2D eigenvalue weighted by Gasteiger charge is -2.32. The van der Waals surface area contributed by atoms with Gasteiger partial charge < -0.3 is 19.5 Å². The van der Waals surface area contributed by atoms with Crippen molar-refractivity contribution in [3.63, 3.8) is 0 Å². The molecule has 178 valence electrons. The topological polar surface area (TPSA) is 82.9 Å². The molecule has 0 bridgehead atoms. The van der Waals surface area contributed by atoms with Crippen LogP contribution in [0.4, 0.5) is 0 Å². The molecule has 32 heavy (non-hydrogen) atoms. The van der Waals surface area contributed by atoms with Crippen molar-refractivity contribution in [1.29, 1.82) is 0 Å². The molecule has 1 aromatic rings. The van der Waals surface area contributed by atoms with Crippen LogP contribution in [0, 0.1) is 23.7 Å². The molecule has 0 saturated carbocycles. The van der Waals surface area contributed by atoms with Crippen LogP contribution in [0.1, 0.15) is 79.2 Å². The highest BCUT2D eigenvalue weighted by molar-refractivity contribution is 6.03. The number of fused-ring (bicyclic) bond motifs is 1. The Balaban J connectivity index is 1.59. The van der Waals surface area contributed by atoms with Crippen LogP contribution in [0.15, 0.2) is 4.42 Å². The van der Waals surface area contributed by atoms with E-state index < -0.39 is 0 Å². The van der Waals surface area contributed by atoms with Crippen LogP contribution in [0.2, 0.25) is 0 Å². The second-order valence-corrected chi connectivity index (χ2v) is 11.5. The van der Waals surface area contributed by atoms with Gasteiger partial charge in [-0.3, -0.25) is 14.4 Å². The Bertz CT molecular complexity index is 889. The molecule has 2 amide bonds. The number of nitrogens with one attached hydrogen (secondary N) is 1. The van der Waals surface area contributed by atoms with Crippen molar-refractivity contribution >= 4 is 17.6 Å². The molecular formula is C25H39N3O4. The number of hydrogen-bond acceptors (Lipinski definition) is 5. The molecule has 2 heterocycles. The molecule has 7 heteroatoms. The van der Waals surface area contributed by atoms with E-state index in [9.17, 15) is 14.4 Å². The van der Waals surface area contributed by atoms with Crippen LogP contribution in [0.25, 0.3) is 0 Å². The fourth-order valence-corrected chi connectivity index (χ4v) is 5.16. The number of rotatable bonds is 6. The van der Waals surface area contributed by atoms with Gasteiger partial charge in [0, 0.05) is 50.5 Å². The molecule has 1 aromatic heterocycles. The van der Waals surface area contributed by atoms with Gasteiger partial charge in [-0.2, -0.15) is 0 Å². The Morgan fingerprint density at radius 2 is 1.81 bits per heavy atom. The highest BCUT2D eigenvalue weighted by Gasteiger charge is 2.38. The van der Waals surface area contributed by atoms with Gasteiger partial charge in [0.2, 0.25) is 5.91 Å². The fraction of sp³-hybridized carbons (Fsp3) is 0.720. The van der Waals surface area contributed by atoms with Gasteiger partial charge in [-0.15, -0.1) is 0 Å². The normalized spacial score (nSPS) is 19.2. The number of carbonyl (C=O) groups excluding carboxylic acids is 3. The Morgan fingerprint density at radius 3 is 2.41 bits per heavy atom. The Labute approximate surface area is 191 Å². The predicted molar refractivity (Wildman–Crippen MR) is 124 cm³/mol. The number of hydrogen-bond donors (Lipinski definition) is 1. The number of ketones is 1. The summed E-state index contributed by atoms with van der Waals surface area (Å²) in [6.07, 6.45) is 2.41. The third-order valence-corrected chi connectivity index (χ3v) is 6.61. The first-order valence-electron chi connectivity index (χ1n) is 11.7. The summed E-state index contributed by atoms with van der Waals surface area (Å²) in [5.74, 6) is 0.803. The van der Waals surface area contributed by atoms with E-state index in [-0.39, 0.29) is 40.1 Å². The van der Waals surface area contributed by atoms with E-state index >= 15 is 0 Å². The molecule has 2 aliphatic rings. The molecule has 0 aromatic carbocycles. The van der Waals surface area contributed by atoms with Gasteiger partial charge in [0.25, 0.3) is 5.91 Å². The average Bonchev–Trinajstić information content (AvgIpc) is 3.00. The number of nitrogens with zero attached hydrogens (tertiary/aromatic N) is 2. The summed E-state index contributed by atoms with van der Waals surface area (Å²) in [6.45, 7) is 12.7. The standard InChI is InChI=1S/C25H39N3O4/c1-16-20-18(29)12-24(2,3)13-19(20)32-21(16)23(31)28-10-8-17(9-11-28)22(30)26-14-25(4,5)15-27(6)7/h17H,8-15H2,1-7H3,(H,26,30). The largest absolute Gasteiger partial charge is 0.455 e. The van der Waals surface area contributed by atoms with Crippen molar-refractivity contribution in [1.82, 2.24) is 15.1 Å². The van der Waals surface area contributed by atoms with Crippen LogP contribution in [-0.2, 0) is 11.2 Å². The maximum atomic E-state index is 13.2. The van der Waals surface area contributed by atoms with Crippen molar-refractivity contribution in [2.24, 2.45) is 16.7 Å². The number of piperidine rings is 1. The van der Waals surface area contributed by atoms with Crippen molar-refractivity contribution in [3.05, 3.63) is 22.6 Å². The molecular weight excluding hydrogens is 406 g/mol. The number of carbonyl (C=O) groups is 3. The summed E-state index contributed by atoms with van der Waals surface area (Å²) < 4.78 is 5.94. The molecule has 0 spiro atoms. The summed E-state index contributed by atoms with van der Waals surface area (Å²) >= 11 is 0.